The van der Waals surface area contributed by atoms with Gasteiger partial charge in [0.25, 0.3) is 0 Å². The maximum absolute atomic E-state index is 12.8. The van der Waals surface area contributed by atoms with E-state index in [1.807, 2.05) is 12.1 Å². The van der Waals surface area contributed by atoms with Gasteiger partial charge in [-0.1, -0.05) is 18.2 Å². The lowest BCUT2D eigenvalue weighted by molar-refractivity contribution is -0.139. The Morgan fingerprint density at radius 1 is 1.29 bits per heavy atom. The summed E-state index contributed by atoms with van der Waals surface area (Å²) in [6.07, 6.45) is 2.44. The molecule has 2 N–H and O–H groups in total. The topological polar surface area (TPSA) is 83.8 Å². The monoisotopic (exact) mass is 381 g/mol. The number of fused-ring (bicyclic) bond motifs is 1. The van der Waals surface area contributed by atoms with Gasteiger partial charge in [0.15, 0.2) is 0 Å². The predicted molar refractivity (Wildman–Crippen MR) is 104 cm³/mol. The van der Waals surface area contributed by atoms with Crippen molar-refractivity contribution in [3.8, 4) is 0 Å². The summed E-state index contributed by atoms with van der Waals surface area (Å²) >= 11 is 0. The van der Waals surface area contributed by atoms with E-state index in [2.05, 4.69) is 34.6 Å². The van der Waals surface area contributed by atoms with E-state index in [-0.39, 0.29) is 18.7 Å². The molecule has 3 heterocycles. The van der Waals surface area contributed by atoms with Crippen molar-refractivity contribution >= 4 is 17.7 Å². The summed E-state index contributed by atoms with van der Waals surface area (Å²) in [7, 11) is 0. The summed E-state index contributed by atoms with van der Waals surface area (Å²) in [6, 6.07) is 10.9. The second kappa shape index (κ2) is 7.42. The molecule has 2 atom stereocenters. The predicted octanol–water partition coefficient (Wildman–Crippen LogP) is 2.90. The summed E-state index contributed by atoms with van der Waals surface area (Å²) < 4.78 is 10.8. The van der Waals surface area contributed by atoms with Gasteiger partial charge in [-0.05, 0) is 44.0 Å². The molecule has 28 heavy (non-hydrogen) atoms. The Kier molecular flexibility index (Phi) is 4.81. The molecule has 7 heteroatoms. The molecule has 0 spiro atoms. The SMILES string of the molecule is CCOC(=O)C1=C(CN2c3ccccc3C[C@@H]2C)NC(=O)N[C@@H]1c1ccco1. The number of nitrogens with zero attached hydrogens (tertiary/aromatic N) is 1. The van der Waals surface area contributed by atoms with Crippen molar-refractivity contribution in [2.75, 3.05) is 18.1 Å². The molecule has 1 aromatic carbocycles. The van der Waals surface area contributed by atoms with Crippen LogP contribution in [-0.4, -0.2) is 31.2 Å². The number of benzene rings is 1. The van der Waals surface area contributed by atoms with Gasteiger partial charge < -0.3 is 24.7 Å². The number of amides is 2. The van der Waals surface area contributed by atoms with Crippen molar-refractivity contribution in [1.82, 2.24) is 10.6 Å². The van der Waals surface area contributed by atoms with Crippen LogP contribution < -0.4 is 15.5 Å². The Morgan fingerprint density at radius 2 is 2.11 bits per heavy atom. The Balaban J connectivity index is 1.75. The van der Waals surface area contributed by atoms with Crippen molar-refractivity contribution in [2.24, 2.45) is 0 Å². The van der Waals surface area contributed by atoms with Gasteiger partial charge in [0.2, 0.25) is 0 Å². The van der Waals surface area contributed by atoms with E-state index in [0.29, 0.717) is 23.6 Å². The zero-order chi connectivity index (χ0) is 19.7. The van der Waals surface area contributed by atoms with Crippen LogP contribution in [0.3, 0.4) is 0 Å². The molecule has 4 rings (SSSR count). The average Bonchev–Trinajstić information content (AvgIpc) is 3.30. The molecular weight excluding hydrogens is 358 g/mol. The van der Waals surface area contributed by atoms with Crippen LogP contribution in [0, 0.1) is 0 Å². The second-order valence-corrected chi connectivity index (χ2v) is 6.97. The van der Waals surface area contributed by atoms with Gasteiger partial charge in [0.05, 0.1) is 30.7 Å². The average molecular weight is 381 g/mol. The normalized spacial score (nSPS) is 21.2. The molecule has 0 unspecified atom stereocenters. The van der Waals surface area contributed by atoms with Crippen LogP contribution in [0.15, 0.2) is 58.3 Å². The third kappa shape index (κ3) is 3.24. The first-order valence-electron chi connectivity index (χ1n) is 9.44. The number of anilines is 1. The van der Waals surface area contributed by atoms with Crippen molar-refractivity contribution < 1.29 is 18.7 Å². The Bertz CT molecular complexity index is 919. The zero-order valence-corrected chi connectivity index (χ0v) is 15.9. The number of hydrogen-bond donors (Lipinski definition) is 2. The highest BCUT2D eigenvalue weighted by molar-refractivity contribution is 5.95. The Hall–Kier alpha value is -3.22. The summed E-state index contributed by atoms with van der Waals surface area (Å²) in [5.74, 6) is 0.0248. The van der Waals surface area contributed by atoms with Gasteiger partial charge in [0, 0.05) is 11.7 Å². The summed E-state index contributed by atoms with van der Waals surface area (Å²) in [4.78, 5) is 27.3. The van der Waals surface area contributed by atoms with Gasteiger partial charge in [-0.3, -0.25) is 0 Å². The van der Waals surface area contributed by atoms with E-state index in [0.717, 1.165) is 12.1 Å². The molecule has 0 radical (unpaired) electrons. The van der Waals surface area contributed by atoms with Gasteiger partial charge in [0.1, 0.15) is 11.8 Å². The van der Waals surface area contributed by atoms with E-state index < -0.39 is 12.0 Å². The van der Waals surface area contributed by atoms with Crippen LogP contribution in [0.2, 0.25) is 0 Å². The standard InChI is InChI=1S/C21H23N3O4/c1-3-27-20(25)18-15(22-21(26)23-19(18)17-9-6-10-28-17)12-24-13(2)11-14-7-4-5-8-16(14)24/h4-10,13,19H,3,11-12H2,1-2H3,(H2,22,23,26)/t13-,19+/m0/s1. The molecule has 2 aromatic rings. The number of nitrogens with one attached hydrogen (secondary N) is 2. The lowest BCUT2D eigenvalue weighted by atomic mass is 9.99. The third-order valence-electron chi connectivity index (χ3n) is 5.15. The molecule has 0 aliphatic carbocycles. The smallest absolute Gasteiger partial charge is 0.338 e. The van der Waals surface area contributed by atoms with Crippen molar-refractivity contribution in [1.29, 1.82) is 0 Å². The minimum Gasteiger partial charge on any atom is -0.467 e. The lowest BCUT2D eigenvalue weighted by Crippen LogP contribution is -2.49. The number of para-hydroxylation sites is 1. The van der Waals surface area contributed by atoms with Crippen LogP contribution in [0.1, 0.15) is 31.2 Å². The molecule has 1 aromatic heterocycles. The first-order chi connectivity index (χ1) is 13.6. The molecule has 7 nitrogen and oxygen atoms in total. The van der Waals surface area contributed by atoms with Crippen molar-refractivity contribution in [3.05, 3.63) is 65.3 Å². The van der Waals surface area contributed by atoms with Crippen LogP contribution in [0.5, 0.6) is 0 Å². The van der Waals surface area contributed by atoms with E-state index in [1.165, 1.54) is 11.8 Å². The fourth-order valence-electron chi connectivity index (χ4n) is 3.90. The summed E-state index contributed by atoms with van der Waals surface area (Å²) in [5, 5.41) is 5.59. The maximum Gasteiger partial charge on any atom is 0.338 e. The molecule has 0 fully saturated rings. The highest BCUT2D eigenvalue weighted by Gasteiger charge is 2.37. The first-order valence-corrected chi connectivity index (χ1v) is 9.44. The largest absolute Gasteiger partial charge is 0.467 e. The third-order valence-corrected chi connectivity index (χ3v) is 5.15. The van der Waals surface area contributed by atoms with Gasteiger partial charge in [-0.15, -0.1) is 0 Å². The number of carbonyl (C=O) groups is 2. The van der Waals surface area contributed by atoms with E-state index >= 15 is 0 Å². The molecule has 2 amide bonds. The Labute approximate surface area is 163 Å². The summed E-state index contributed by atoms with van der Waals surface area (Å²) in [5.41, 5.74) is 3.28. The first kappa shape index (κ1) is 18.2. The van der Waals surface area contributed by atoms with Gasteiger partial charge >= 0.3 is 12.0 Å². The number of urea groups is 1. The highest BCUT2D eigenvalue weighted by Crippen LogP contribution is 2.34. The number of furan rings is 1. The number of esters is 1. The molecule has 0 saturated carbocycles. The van der Waals surface area contributed by atoms with E-state index in [9.17, 15) is 9.59 Å². The van der Waals surface area contributed by atoms with Crippen molar-refractivity contribution in [3.63, 3.8) is 0 Å². The second-order valence-electron chi connectivity index (χ2n) is 6.97. The van der Waals surface area contributed by atoms with Gasteiger partial charge in [-0.2, -0.15) is 0 Å². The molecular formula is C21H23N3O4. The fraction of sp³-hybridized carbons (Fsp3) is 0.333. The molecule has 2 aliphatic heterocycles. The zero-order valence-electron chi connectivity index (χ0n) is 15.9. The molecule has 146 valence electrons. The van der Waals surface area contributed by atoms with Crippen LogP contribution in [0.4, 0.5) is 10.5 Å². The number of ether oxygens (including phenoxy) is 1. The highest BCUT2D eigenvalue weighted by atomic mass is 16.5. The van der Waals surface area contributed by atoms with Crippen LogP contribution >= 0.6 is 0 Å². The Morgan fingerprint density at radius 3 is 2.86 bits per heavy atom. The maximum atomic E-state index is 12.8. The van der Waals surface area contributed by atoms with Crippen LogP contribution in [0.25, 0.3) is 0 Å². The quantitative estimate of drug-likeness (QED) is 0.778. The number of rotatable bonds is 5. The molecule has 2 aliphatic rings. The minimum atomic E-state index is -0.689. The fourth-order valence-corrected chi connectivity index (χ4v) is 3.90. The van der Waals surface area contributed by atoms with Gasteiger partial charge in [-0.25, -0.2) is 9.59 Å². The summed E-state index contributed by atoms with van der Waals surface area (Å²) in [6.45, 7) is 4.54. The number of hydrogen-bond acceptors (Lipinski definition) is 5. The lowest BCUT2D eigenvalue weighted by Gasteiger charge is -2.32. The van der Waals surface area contributed by atoms with E-state index in [4.69, 9.17) is 9.15 Å². The van der Waals surface area contributed by atoms with E-state index in [1.54, 1.807) is 19.1 Å². The minimum absolute atomic E-state index is 0.247. The van der Waals surface area contributed by atoms with Crippen molar-refractivity contribution in [2.45, 2.75) is 32.4 Å². The number of carbonyl (C=O) groups excluding carboxylic acids is 2. The molecule has 0 saturated heterocycles. The van der Waals surface area contributed by atoms with Crippen LogP contribution in [-0.2, 0) is 16.0 Å². The molecule has 0 bridgehead atoms.